The summed E-state index contributed by atoms with van der Waals surface area (Å²) in [4.78, 5) is 3.56. The minimum absolute atomic E-state index is 0. The van der Waals surface area contributed by atoms with Gasteiger partial charge in [0.1, 0.15) is 6.07 Å². The van der Waals surface area contributed by atoms with E-state index >= 15 is 0 Å². The van der Waals surface area contributed by atoms with Crippen LogP contribution in [-0.4, -0.2) is 12.0 Å². The van der Waals surface area contributed by atoms with Crippen LogP contribution in [0.5, 0.6) is 0 Å². The van der Waals surface area contributed by atoms with Gasteiger partial charge in [0.25, 0.3) is 0 Å². The number of rotatable bonds is 2. The number of pyridine rings is 1. The van der Waals surface area contributed by atoms with Crippen molar-refractivity contribution in [1.82, 2.24) is 4.98 Å². The SMILES string of the molecule is N#Cc1cnccc1C[B-](F)(F)F.[K+]. The second kappa shape index (κ2) is 5.88. The molecule has 0 radical (unpaired) electrons. The van der Waals surface area contributed by atoms with Gasteiger partial charge in [-0.2, -0.15) is 5.26 Å². The Balaban J connectivity index is 0.00000169. The van der Waals surface area contributed by atoms with Crippen molar-refractivity contribution in [3.8, 4) is 6.07 Å². The minimum atomic E-state index is -4.89. The molecule has 0 aliphatic heterocycles. The van der Waals surface area contributed by atoms with E-state index < -0.39 is 13.3 Å². The van der Waals surface area contributed by atoms with Crippen LogP contribution in [0.1, 0.15) is 11.1 Å². The number of nitrogens with zero attached hydrogens (tertiary/aromatic N) is 2. The molecular formula is C7H5BF3KN2. The Hall–Kier alpha value is 0.131. The van der Waals surface area contributed by atoms with Gasteiger partial charge in [-0.25, -0.2) is 0 Å². The van der Waals surface area contributed by atoms with Crippen molar-refractivity contribution < 1.29 is 64.3 Å². The first kappa shape index (κ1) is 14.1. The smallest absolute Gasteiger partial charge is 0.449 e. The summed E-state index contributed by atoms with van der Waals surface area (Å²) < 4.78 is 36.0. The van der Waals surface area contributed by atoms with E-state index in [2.05, 4.69) is 4.98 Å². The van der Waals surface area contributed by atoms with Crippen molar-refractivity contribution in [2.24, 2.45) is 0 Å². The standard InChI is InChI=1S/C7H5BF3N2.K/c9-8(10,11)3-6-1-2-13-5-7(6)4-12;/h1-2,5H,3H2;/q-1;+1. The second-order valence-electron chi connectivity index (χ2n) is 2.56. The molecule has 2 nitrogen and oxygen atoms in total. The fourth-order valence-corrected chi connectivity index (χ4v) is 0.951. The van der Waals surface area contributed by atoms with Crippen molar-refractivity contribution in [2.45, 2.75) is 6.32 Å². The minimum Gasteiger partial charge on any atom is -0.449 e. The van der Waals surface area contributed by atoms with Crippen LogP contribution in [0.4, 0.5) is 12.9 Å². The van der Waals surface area contributed by atoms with Gasteiger partial charge in [-0.3, -0.25) is 4.98 Å². The number of hydrogen-bond acceptors (Lipinski definition) is 2. The molecule has 0 atom stereocenters. The molecule has 0 unspecified atom stereocenters. The van der Waals surface area contributed by atoms with E-state index in [1.807, 2.05) is 0 Å². The summed E-state index contributed by atoms with van der Waals surface area (Å²) in [5, 5.41) is 8.46. The zero-order valence-electron chi connectivity index (χ0n) is 7.54. The van der Waals surface area contributed by atoms with Crippen molar-refractivity contribution >= 4 is 6.98 Å². The Morgan fingerprint density at radius 1 is 1.43 bits per heavy atom. The topological polar surface area (TPSA) is 36.7 Å². The average Bonchev–Trinajstić information content (AvgIpc) is 2.02. The molecule has 0 amide bonds. The Kier molecular flexibility index (Phi) is 5.93. The van der Waals surface area contributed by atoms with Crippen molar-refractivity contribution in [1.29, 1.82) is 5.26 Å². The maximum Gasteiger partial charge on any atom is 1.00 e. The third-order valence-corrected chi connectivity index (χ3v) is 1.48. The molecule has 1 heterocycles. The predicted molar refractivity (Wildman–Crippen MR) is 41.7 cm³/mol. The van der Waals surface area contributed by atoms with Crippen LogP contribution in [0.2, 0.25) is 0 Å². The molecule has 0 N–H and O–H groups in total. The predicted octanol–water partition coefficient (Wildman–Crippen LogP) is -1.11. The number of nitriles is 1. The molecule has 0 aliphatic carbocycles. The molecule has 7 heteroatoms. The van der Waals surface area contributed by atoms with Crippen LogP contribution < -0.4 is 51.4 Å². The van der Waals surface area contributed by atoms with Crippen molar-refractivity contribution in [3.63, 3.8) is 0 Å². The summed E-state index contributed by atoms with van der Waals surface area (Å²) in [6.07, 6.45) is 1.36. The molecule has 0 spiro atoms. The van der Waals surface area contributed by atoms with E-state index in [-0.39, 0.29) is 62.5 Å². The van der Waals surface area contributed by atoms with Gasteiger partial charge >= 0.3 is 58.4 Å². The first-order valence-electron chi connectivity index (χ1n) is 3.57. The molecule has 1 rings (SSSR count). The van der Waals surface area contributed by atoms with Crippen LogP contribution >= 0.6 is 0 Å². The van der Waals surface area contributed by atoms with E-state index in [1.165, 1.54) is 12.3 Å². The Bertz CT molecular complexity index is 348. The van der Waals surface area contributed by atoms with E-state index in [1.54, 1.807) is 6.07 Å². The maximum atomic E-state index is 12.0. The van der Waals surface area contributed by atoms with Crippen molar-refractivity contribution in [2.75, 3.05) is 0 Å². The number of hydrogen-bond donors (Lipinski definition) is 0. The monoisotopic (exact) mass is 224 g/mol. The quantitative estimate of drug-likeness (QED) is 0.597. The fraction of sp³-hybridized carbons (Fsp3) is 0.143. The summed E-state index contributed by atoms with van der Waals surface area (Å²) in [6.45, 7) is -4.89. The molecule has 0 bridgehead atoms. The fourth-order valence-electron chi connectivity index (χ4n) is 0.951. The normalized spacial score (nSPS) is 10.1. The third-order valence-electron chi connectivity index (χ3n) is 1.48. The zero-order valence-corrected chi connectivity index (χ0v) is 10.7. The maximum absolute atomic E-state index is 12.0. The van der Waals surface area contributed by atoms with Gasteiger partial charge in [0.05, 0.1) is 5.56 Å². The third kappa shape index (κ3) is 4.57. The first-order chi connectivity index (χ1) is 6.03. The molecule has 0 aliphatic rings. The summed E-state index contributed by atoms with van der Waals surface area (Å²) >= 11 is 0. The molecule has 0 saturated heterocycles. The molecule has 1 aromatic heterocycles. The molecule has 1 aromatic rings. The van der Waals surface area contributed by atoms with E-state index in [0.717, 1.165) is 6.20 Å². The van der Waals surface area contributed by atoms with Gasteiger partial charge < -0.3 is 12.9 Å². The summed E-state index contributed by atoms with van der Waals surface area (Å²) in [5.41, 5.74) is -0.0216. The van der Waals surface area contributed by atoms with Crippen LogP contribution in [0.3, 0.4) is 0 Å². The Morgan fingerprint density at radius 2 is 2.07 bits per heavy atom. The van der Waals surface area contributed by atoms with Crippen LogP contribution in [0.15, 0.2) is 18.5 Å². The Morgan fingerprint density at radius 3 is 2.57 bits per heavy atom. The van der Waals surface area contributed by atoms with E-state index in [4.69, 9.17) is 5.26 Å². The van der Waals surface area contributed by atoms with Gasteiger partial charge in [-0.15, -0.1) is 0 Å². The van der Waals surface area contributed by atoms with Gasteiger partial charge in [0.2, 0.25) is 0 Å². The summed E-state index contributed by atoms with van der Waals surface area (Å²) in [5.74, 6) is 0. The van der Waals surface area contributed by atoms with Crippen LogP contribution in [-0.2, 0) is 6.32 Å². The number of aromatic nitrogens is 1. The molecule has 14 heavy (non-hydrogen) atoms. The van der Waals surface area contributed by atoms with Crippen molar-refractivity contribution in [3.05, 3.63) is 29.6 Å². The molecule has 0 saturated carbocycles. The first-order valence-corrected chi connectivity index (χ1v) is 3.57. The van der Waals surface area contributed by atoms with Crippen LogP contribution in [0.25, 0.3) is 0 Å². The van der Waals surface area contributed by atoms with Gasteiger partial charge in [-0.1, -0.05) is 11.9 Å². The summed E-state index contributed by atoms with van der Waals surface area (Å²) in [6, 6.07) is 2.88. The molecule has 0 fully saturated rings. The van der Waals surface area contributed by atoms with Crippen LogP contribution in [0, 0.1) is 11.3 Å². The Labute approximate surface area is 122 Å². The molecule has 68 valence electrons. The van der Waals surface area contributed by atoms with Gasteiger partial charge in [0.15, 0.2) is 0 Å². The second-order valence-corrected chi connectivity index (χ2v) is 2.56. The molecular weight excluding hydrogens is 219 g/mol. The zero-order chi connectivity index (χ0) is 9.90. The van der Waals surface area contributed by atoms with Gasteiger partial charge in [0, 0.05) is 12.4 Å². The van der Waals surface area contributed by atoms with Gasteiger partial charge in [-0.05, 0) is 6.07 Å². The summed E-state index contributed by atoms with van der Waals surface area (Å²) in [7, 11) is 0. The number of halogens is 3. The average molecular weight is 224 g/mol. The van der Waals surface area contributed by atoms with E-state index in [9.17, 15) is 12.9 Å². The van der Waals surface area contributed by atoms with E-state index in [0.29, 0.717) is 0 Å². The largest absolute Gasteiger partial charge is 1.00 e. The molecule has 0 aromatic carbocycles.